The van der Waals surface area contributed by atoms with Crippen LogP contribution in [0.4, 0.5) is 5.69 Å². The van der Waals surface area contributed by atoms with Crippen molar-refractivity contribution in [2.75, 3.05) is 31.5 Å². The SMILES string of the molecule is c1ccc2c(c1)ccc1c3ccccc3c(NCCCCN3CCCCC3)cc21. The summed E-state index contributed by atoms with van der Waals surface area (Å²) >= 11 is 0. The average molecular weight is 383 g/mol. The number of benzene rings is 4. The predicted octanol–water partition coefficient (Wildman–Crippen LogP) is 6.82. The van der Waals surface area contributed by atoms with Crippen molar-refractivity contribution in [2.45, 2.75) is 32.1 Å². The van der Waals surface area contributed by atoms with Crippen LogP contribution >= 0.6 is 0 Å². The number of nitrogens with one attached hydrogen (secondary N) is 1. The Hall–Kier alpha value is -2.58. The second-order valence-corrected chi connectivity index (χ2v) is 8.39. The highest BCUT2D eigenvalue weighted by Gasteiger charge is 2.10. The second-order valence-electron chi connectivity index (χ2n) is 8.39. The fraction of sp³-hybridized carbons (Fsp3) is 0.333. The van der Waals surface area contributed by atoms with Crippen LogP contribution in [0.25, 0.3) is 32.3 Å². The molecule has 2 nitrogen and oxygen atoms in total. The highest BCUT2D eigenvalue weighted by molar-refractivity contribution is 6.20. The molecule has 1 heterocycles. The Balaban J connectivity index is 1.39. The van der Waals surface area contributed by atoms with Gasteiger partial charge in [0.15, 0.2) is 0 Å². The number of rotatable bonds is 6. The second kappa shape index (κ2) is 8.42. The van der Waals surface area contributed by atoms with Crippen molar-refractivity contribution in [3.8, 4) is 0 Å². The third-order valence-corrected chi connectivity index (χ3v) is 6.43. The molecule has 1 N–H and O–H groups in total. The van der Waals surface area contributed by atoms with Gasteiger partial charge in [0.25, 0.3) is 0 Å². The first-order chi connectivity index (χ1) is 14.4. The van der Waals surface area contributed by atoms with Gasteiger partial charge in [0.05, 0.1) is 0 Å². The number of piperidine rings is 1. The highest BCUT2D eigenvalue weighted by Crippen LogP contribution is 2.35. The van der Waals surface area contributed by atoms with Crippen LogP contribution in [0.3, 0.4) is 0 Å². The van der Waals surface area contributed by atoms with Crippen LogP contribution in [0.5, 0.6) is 0 Å². The molecule has 148 valence electrons. The van der Waals surface area contributed by atoms with Gasteiger partial charge in [-0.3, -0.25) is 0 Å². The van der Waals surface area contributed by atoms with Gasteiger partial charge < -0.3 is 10.2 Å². The Bertz CT molecular complexity index is 1130. The van der Waals surface area contributed by atoms with Crippen LogP contribution < -0.4 is 5.32 Å². The summed E-state index contributed by atoms with van der Waals surface area (Å²) in [6.07, 6.45) is 6.69. The van der Waals surface area contributed by atoms with Crippen LogP contribution in [-0.4, -0.2) is 31.1 Å². The van der Waals surface area contributed by atoms with Crippen molar-refractivity contribution in [2.24, 2.45) is 0 Å². The van der Waals surface area contributed by atoms with Gasteiger partial charge in [-0.1, -0.05) is 67.1 Å². The number of nitrogens with zero attached hydrogens (tertiary/aromatic N) is 1. The first kappa shape index (κ1) is 18.4. The molecule has 1 saturated heterocycles. The molecule has 0 spiro atoms. The van der Waals surface area contributed by atoms with Crippen LogP contribution in [0, 0.1) is 0 Å². The topological polar surface area (TPSA) is 15.3 Å². The standard InChI is InChI=1S/C27H30N2/c1-7-17-29(18-8-1)19-9-6-16-28-27-20-26-22-11-3-2-10-21(22)14-15-24(26)23-12-4-5-13-25(23)27/h2-5,10-15,20,28H,1,6-9,16-19H2. The molecule has 0 aromatic heterocycles. The van der Waals surface area contributed by atoms with Crippen molar-refractivity contribution in [1.82, 2.24) is 4.90 Å². The Kier molecular flexibility index (Phi) is 5.36. The fourth-order valence-electron chi connectivity index (χ4n) is 4.87. The average Bonchev–Trinajstić information content (AvgIpc) is 2.79. The lowest BCUT2D eigenvalue weighted by Gasteiger charge is -2.26. The van der Waals surface area contributed by atoms with Crippen LogP contribution in [0.15, 0.2) is 66.7 Å². The van der Waals surface area contributed by atoms with E-state index in [0.717, 1.165) is 6.54 Å². The van der Waals surface area contributed by atoms with Crippen molar-refractivity contribution in [3.63, 3.8) is 0 Å². The van der Waals surface area contributed by atoms with Crippen molar-refractivity contribution in [3.05, 3.63) is 66.7 Å². The first-order valence-corrected chi connectivity index (χ1v) is 11.2. The summed E-state index contributed by atoms with van der Waals surface area (Å²) < 4.78 is 0. The first-order valence-electron chi connectivity index (χ1n) is 11.2. The van der Waals surface area contributed by atoms with Gasteiger partial charge in [0.1, 0.15) is 0 Å². The Labute approximate surface area is 173 Å². The van der Waals surface area contributed by atoms with E-state index in [1.807, 2.05) is 0 Å². The van der Waals surface area contributed by atoms with Gasteiger partial charge in [0.2, 0.25) is 0 Å². The van der Waals surface area contributed by atoms with Gasteiger partial charge in [-0.25, -0.2) is 0 Å². The largest absolute Gasteiger partial charge is 0.385 e. The summed E-state index contributed by atoms with van der Waals surface area (Å²) in [6.45, 7) is 4.89. The molecule has 4 aromatic rings. The van der Waals surface area contributed by atoms with E-state index in [0.29, 0.717) is 0 Å². The lowest BCUT2D eigenvalue weighted by atomic mass is 9.96. The molecule has 0 aliphatic carbocycles. The maximum absolute atomic E-state index is 3.76. The quantitative estimate of drug-likeness (QED) is 0.290. The molecule has 5 rings (SSSR count). The molecule has 1 fully saturated rings. The molecular formula is C27H30N2. The Morgan fingerprint density at radius 2 is 1.38 bits per heavy atom. The van der Waals surface area contributed by atoms with Gasteiger partial charge in [-0.15, -0.1) is 0 Å². The third kappa shape index (κ3) is 3.82. The van der Waals surface area contributed by atoms with E-state index < -0.39 is 0 Å². The molecule has 0 unspecified atom stereocenters. The molecule has 1 aliphatic heterocycles. The number of anilines is 1. The lowest BCUT2D eigenvalue weighted by Crippen LogP contribution is -2.30. The zero-order valence-corrected chi connectivity index (χ0v) is 17.2. The van der Waals surface area contributed by atoms with Crippen molar-refractivity contribution < 1.29 is 0 Å². The smallest absolute Gasteiger partial charge is 0.0426 e. The molecule has 0 atom stereocenters. The summed E-state index contributed by atoms with van der Waals surface area (Å²) in [4.78, 5) is 2.64. The van der Waals surface area contributed by atoms with E-state index in [9.17, 15) is 0 Å². The zero-order chi connectivity index (χ0) is 19.5. The molecule has 0 saturated carbocycles. The Morgan fingerprint density at radius 1 is 0.655 bits per heavy atom. The minimum atomic E-state index is 1.04. The summed E-state index contributed by atoms with van der Waals surface area (Å²) in [5.41, 5.74) is 1.27. The predicted molar refractivity (Wildman–Crippen MR) is 127 cm³/mol. The minimum Gasteiger partial charge on any atom is -0.385 e. The van der Waals surface area contributed by atoms with Gasteiger partial charge in [0, 0.05) is 17.6 Å². The van der Waals surface area contributed by atoms with Crippen LogP contribution in [0.1, 0.15) is 32.1 Å². The summed E-state index contributed by atoms with van der Waals surface area (Å²) in [6, 6.07) is 24.4. The Morgan fingerprint density at radius 3 is 2.24 bits per heavy atom. The number of hydrogen-bond donors (Lipinski definition) is 1. The number of hydrogen-bond acceptors (Lipinski definition) is 2. The third-order valence-electron chi connectivity index (χ3n) is 6.43. The zero-order valence-electron chi connectivity index (χ0n) is 17.2. The van der Waals surface area contributed by atoms with Crippen molar-refractivity contribution in [1.29, 1.82) is 0 Å². The number of likely N-dealkylation sites (tertiary alicyclic amines) is 1. The molecule has 29 heavy (non-hydrogen) atoms. The maximum Gasteiger partial charge on any atom is 0.0426 e. The molecule has 2 heteroatoms. The lowest BCUT2D eigenvalue weighted by molar-refractivity contribution is 0.225. The van der Waals surface area contributed by atoms with Crippen LogP contribution in [-0.2, 0) is 0 Å². The van der Waals surface area contributed by atoms with Crippen molar-refractivity contribution >= 4 is 38.0 Å². The van der Waals surface area contributed by atoms with E-state index in [1.165, 1.54) is 89.7 Å². The molecular weight excluding hydrogens is 352 g/mol. The monoisotopic (exact) mass is 382 g/mol. The molecule has 1 aliphatic rings. The summed E-state index contributed by atoms with van der Waals surface area (Å²) in [7, 11) is 0. The minimum absolute atomic E-state index is 1.04. The number of fused-ring (bicyclic) bond motifs is 5. The molecule has 0 amide bonds. The maximum atomic E-state index is 3.76. The normalized spacial score (nSPS) is 15.3. The summed E-state index contributed by atoms with van der Waals surface area (Å²) in [5, 5.41) is 11.8. The van der Waals surface area contributed by atoms with E-state index >= 15 is 0 Å². The molecule has 0 radical (unpaired) electrons. The van der Waals surface area contributed by atoms with E-state index in [-0.39, 0.29) is 0 Å². The molecule has 0 bridgehead atoms. The van der Waals surface area contributed by atoms with E-state index in [4.69, 9.17) is 0 Å². The fourth-order valence-corrected chi connectivity index (χ4v) is 4.87. The summed E-state index contributed by atoms with van der Waals surface area (Å²) in [5.74, 6) is 0. The van der Waals surface area contributed by atoms with Crippen LogP contribution in [0.2, 0.25) is 0 Å². The van der Waals surface area contributed by atoms with E-state index in [1.54, 1.807) is 0 Å². The van der Waals surface area contributed by atoms with Gasteiger partial charge in [-0.05, 0) is 78.3 Å². The van der Waals surface area contributed by atoms with Gasteiger partial charge in [-0.2, -0.15) is 0 Å². The van der Waals surface area contributed by atoms with Gasteiger partial charge >= 0.3 is 0 Å². The highest BCUT2D eigenvalue weighted by atomic mass is 15.1. The number of unbranched alkanes of at least 4 members (excludes halogenated alkanes) is 1. The van der Waals surface area contributed by atoms with E-state index in [2.05, 4.69) is 76.9 Å². The molecule has 4 aromatic carbocycles.